The lowest BCUT2D eigenvalue weighted by Crippen LogP contribution is -2.11. The maximum Gasteiger partial charge on any atom is 0.265 e. The molecule has 0 atom stereocenters. The Bertz CT molecular complexity index is 539. The van der Waals surface area contributed by atoms with Crippen LogP contribution < -0.4 is 5.32 Å². The average Bonchev–Trinajstić information content (AvgIpc) is 2.77. The van der Waals surface area contributed by atoms with Crippen LogP contribution in [0.25, 0.3) is 0 Å². The second kappa shape index (κ2) is 5.54. The number of nitrogens with one attached hydrogen (secondary N) is 1. The fraction of sp³-hybridized carbons (Fsp3) is 0.0833. The summed E-state index contributed by atoms with van der Waals surface area (Å²) < 4.78 is 0.598. The molecular weight excluding hydrogens is 277 g/mol. The molecule has 0 radical (unpaired) electrons. The number of carbonyl (C=O) groups is 1. The number of benzene rings is 1. The highest BCUT2D eigenvalue weighted by atomic mass is 35.5. The van der Waals surface area contributed by atoms with Gasteiger partial charge in [-0.1, -0.05) is 29.8 Å². The summed E-state index contributed by atoms with van der Waals surface area (Å²) in [5, 5.41) is 2.82. The van der Waals surface area contributed by atoms with Crippen molar-refractivity contribution in [1.29, 1.82) is 0 Å². The first-order valence-corrected chi connectivity index (χ1v) is 6.64. The van der Waals surface area contributed by atoms with Crippen molar-refractivity contribution < 1.29 is 4.79 Å². The predicted molar refractivity (Wildman–Crippen MR) is 73.3 cm³/mol. The van der Waals surface area contributed by atoms with Crippen LogP contribution in [0.5, 0.6) is 0 Å². The van der Waals surface area contributed by atoms with Crippen molar-refractivity contribution in [3.8, 4) is 0 Å². The standard InChI is InChI=1S/C12H9Cl2NOS/c13-7-8-3-1-2-4-9(8)15-12(16)10-5-6-11(14)17-10/h1-6H,7H2,(H,15,16). The van der Waals surface area contributed by atoms with Gasteiger partial charge in [-0.25, -0.2) is 0 Å². The van der Waals surface area contributed by atoms with E-state index in [0.717, 1.165) is 11.3 Å². The number of carbonyl (C=O) groups excluding carboxylic acids is 1. The van der Waals surface area contributed by atoms with E-state index in [1.807, 2.05) is 24.3 Å². The van der Waals surface area contributed by atoms with E-state index in [1.54, 1.807) is 12.1 Å². The molecule has 1 heterocycles. The van der Waals surface area contributed by atoms with Crippen molar-refractivity contribution in [2.24, 2.45) is 0 Å². The monoisotopic (exact) mass is 285 g/mol. The zero-order valence-corrected chi connectivity index (χ0v) is 11.1. The van der Waals surface area contributed by atoms with E-state index < -0.39 is 0 Å². The fourth-order valence-electron chi connectivity index (χ4n) is 1.38. The van der Waals surface area contributed by atoms with Crippen molar-refractivity contribution in [3.05, 3.63) is 51.2 Å². The molecule has 2 aromatic rings. The molecule has 0 unspecified atom stereocenters. The number of thiophene rings is 1. The number of halogens is 2. The number of para-hydroxylation sites is 1. The van der Waals surface area contributed by atoms with Crippen LogP contribution in [0, 0.1) is 0 Å². The number of hydrogen-bond acceptors (Lipinski definition) is 2. The van der Waals surface area contributed by atoms with E-state index in [9.17, 15) is 4.79 Å². The lowest BCUT2D eigenvalue weighted by Gasteiger charge is -2.07. The summed E-state index contributed by atoms with van der Waals surface area (Å²) in [5.74, 6) is 0.196. The quantitative estimate of drug-likeness (QED) is 0.833. The highest BCUT2D eigenvalue weighted by Gasteiger charge is 2.10. The summed E-state index contributed by atoms with van der Waals surface area (Å²) in [6.07, 6.45) is 0. The van der Waals surface area contributed by atoms with Gasteiger partial charge < -0.3 is 5.32 Å². The van der Waals surface area contributed by atoms with Crippen LogP contribution >= 0.6 is 34.5 Å². The maximum absolute atomic E-state index is 11.9. The van der Waals surface area contributed by atoms with Gasteiger partial charge in [0.2, 0.25) is 0 Å². The van der Waals surface area contributed by atoms with E-state index in [0.29, 0.717) is 15.1 Å². The van der Waals surface area contributed by atoms with Gasteiger partial charge in [0.25, 0.3) is 5.91 Å². The van der Waals surface area contributed by atoms with E-state index in [-0.39, 0.29) is 5.91 Å². The van der Waals surface area contributed by atoms with E-state index in [2.05, 4.69) is 5.32 Å². The maximum atomic E-state index is 11.9. The molecule has 1 amide bonds. The van der Waals surface area contributed by atoms with Crippen LogP contribution in [0.2, 0.25) is 4.34 Å². The van der Waals surface area contributed by atoms with E-state index in [1.165, 1.54) is 11.3 Å². The molecule has 88 valence electrons. The molecule has 1 aromatic heterocycles. The Morgan fingerprint density at radius 2 is 2.00 bits per heavy atom. The van der Waals surface area contributed by atoms with Gasteiger partial charge in [-0.2, -0.15) is 0 Å². The van der Waals surface area contributed by atoms with Gasteiger partial charge in [-0.15, -0.1) is 22.9 Å². The third-order valence-corrected chi connectivity index (χ3v) is 3.72. The van der Waals surface area contributed by atoms with Crippen LogP contribution in [0.4, 0.5) is 5.69 Å². The Balaban J connectivity index is 2.18. The molecule has 17 heavy (non-hydrogen) atoms. The largest absolute Gasteiger partial charge is 0.321 e. The molecule has 0 saturated heterocycles. The molecule has 0 aliphatic carbocycles. The van der Waals surface area contributed by atoms with Gasteiger partial charge in [0.15, 0.2) is 0 Å². The minimum Gasteiger partial charge on any atom is -0.321 e. The number of amides is 1. The molecule has 1 aromatic carbocycles. The van der Waals surface area contributed by atoms with Gasteiger partial charge in [0.05, 0.1) is 9.21 Å². The zero-order valence-electron chi connectivity index (χ0n) is 8.74. The minimum atomic E-state index is -0.167. The van der Waals surface area contributed by atoms with Gasteiger partial charge in [0, 0.05) is 11.6 Å². The lowest BCUT2D eigenvalue weighted by molar-refractivity contribution is 0.103. The summed E-state index contributed by atoms with van der Waals surface area (Å²) >= 11 is 12.8. The molecule has 0 aliphatic heterocycles. The summed E-state index contributed by atoms with van der Waals surface area (Å²) in [6, 6.07) is 10.8. The molecular formula is C12H9Cl2NOS. The lowest BCUT2D eigenvalue weighted by atomic mass is 10.2. The van der Waals surface area contributed by atoms with Crippen LogP contribution in [0.1, 0.15) is 15.2 Å². The van der Waals surface area contributed by atoms with Crippen molar-refractivity contribution in [1.82, 2.24) is 0 Å². The second-order valence-corrected chi connectivity index (χ2v) is 5.33. The third-order valence-electron chi connectivity index (χ3n) is 2.21. The summed E-state index contributed by atoms with van der Waals surface area (Å²) in [4.78, 5) is 12.5. The molecule has 0 bridgehead atoms. The van der Waals surface area contributed by atoms with E-state index in [4.69, 9.17) is 23.2 Å². The SMILES string of the molecule is O=C(Nc1ccccc1CCl)c1ccc(Cl)s1. The minimum absolute atomic E-state index is 0.167. The number of alkyl halides is 1. The van der Waals surface area contributed by atoms with Crippen molar-refractivity contribution >= 4 is 46.1 Å². The third kappa shape index (κ3) is 3.00. The van der Waals surface area contributed by atoms with Crippen LogP contribution in [-0.4, -0.2) is 5.91 Å². The Hall–Kier alpha value is -1.03. The topological polar surface area (TPSA) is 29.1 Å². The highest BCUT2D eigenvalue weighted by Crippen LogP contribution is 2.23. The number of rotatable bonds is 3. The molecule has 0 spiro atoms. The van der Waals surface area contributed by atoms with Gasteiger partial charge in [0.1, 0.15) is 0 Å². The van der Waals surface area contributed by atoms with Crippen molar-refractivity contribution in [2.75, 3.05) is 5.32 Å². The smallest absolute Gasteiger partial charge is 0.265 e. The number of anilines is 1. The summed E-state index contributed by atoms with van der Waals surface area (Å²) in [7, 11) is 0. The highest BCUT2D eigenvalue weighted by molar-refractivity contribution is 7.18. The Morgan fingerprint density at radius 1 is 1.24 bits per heavy atom. The average molecular weight is 286 g/mol. The van der Waals surface area contributed by atoms with Crippen LogP contribution in [0.3, 0.4) is 0 Å². The molecule has 0 aliphatic rings. The summed E-state index contributed by atoms with van der Waals surface area (Å²) in [6.45, 7) is 0. The Kier molecular flexibility index (Phi) is 4.05. The molecule has 2 rings (SSSR count). The first-order valence-electron chi connectivity index (χ1n) is 4.91. The first-order chi connectivity index (χ1) is 8.20. The molecule has 5 heteroatoms. The van der Waals surface area contributed by atoms with Crippen LogP contribution in [-0.2, 0) is 5.88 Å². The van der Waals surface area contributed by atoms with Crippen LogP contribution in [0.15, 0.2) is 36.4 Å². The van der Waals surface area contributed by atoms with Crippen molar-refractivity contribution in [3.63, 3.8) is 0 Å². The van der Waals surface area contributed by atoms with E-state index >= 15 is 0 Å². The molecule has 2 nitrogen and oxygen atoms in total. The second-order valence-electron chi connectivity index (χ2n) is 3.35. The predicted octanol–water partition coefficient (Wildman–Crippen LogP) is 4.39. The fourth-order valence-corrected chi connectivity index (χ4v) is 2.55. The molecule has 0 fully saturated rings. The van der Waals surface area contributed by atoms with Gasteiger partial charge in [-0.05, 0) is 23.8 Å². The van der Waals surface area contributed by atoms with Crippen molar-refractivity contribution in [2.45, 2.75) is 5.88 Å². The Morgan fingerprint density at radius 3 is 2.65 bits per heavy atom. The molecule has 0 saturated carbocycles. The first kappa shape index (κ1) is 12.4. The Labute approximate surface area is 113 Å². The van der Waals surface area contributed by atoms with Gasteiger partial charge in [-0.3, -0.25) is 4.79 Å². The summed E-state index contributed by atoms with van der Waals surface area (Å²) in [5.41, 5.74) is 1.63. The van der Waals surface area contributed by atoms with Gasteiger partial charge >= 0.3 is 0 Å². The zero-order chi connectivity index (χ0) is 12.3. The molecule has 1 N–H and O–H groups in total. The normalized spacial score (nSPS) is 10.2. The number of hydrogen-bond donors (Lipinski definition) is 1.